The van der Waals surface area contributed by atoms with Crippen LogP contribution in [0.5, 0.6) is 0 Å². The fraction of sp³-hybridized carbons (Fsp3) is 0.286. The highest BCUT2D eigenvalue weighted by molar-refractivity contribution is 5.73. The van der Waals surface area contributed by atoms with Gasteiger partial charge in [0.2, 0.25) is 5.91 Å². The Kier molecular flexibility index (Phi) is 2.54. The summed E-state index contributed by atoms with van der Waals surface area (Å²) in [6.45, 7) is 0. The first kappa shape index (κ1) is 7.65. The van der Waals surface area contributed by atoms with Crippen LogP contribution in [0.4, 0.5) is 0 Å². The quantitative estimate of drug-likeness (QED) is 0.655. The SMILES string of the molecule is NC(=O)CCc1ccncn1. The molecule has 1 aromatic rings. The van der Waals surface area contributed by atoms with Crippen LogP contribution >= 0.6 is 0 Å². The van der Waals surface area contributed by atoms with E-state index in [2.05, 4.69) is 9.97 Å². The van der Waals surface area contributed by atoms with Crippen LogP contribution in [0.25, 0.3) is 0 Å². The maximum absolute atomic E-state index is 10.4. The summed E-state index contributed by atoms with van der Waals surface area (Å²) in [6.07, 6.45) is 4.04. The number of hydrogen-bond acceptors (Lipinski definition) is 3. The van der Waals surface area contributed by atoms with Gasteiger partial charge in [0, 0.05) is 18.3 Å². The van der Waals surface area contributed by atoms with Gasteiger partial charge in [0.25, 0.3) is 0 Å². The molecule has 0 aliphatic heterocycles. The number of rotatable bonds is 3. The first-order valence-electron chi connectivity index (χ1n) is 3.32. The van der Waals surface area contributed by atoms with Gasteiger partial charge in [-0.25, -0.2) is 9.97 Å². The summed E-state index contributed by atoms with van der Waals surface area (Å²) in [5.41, 5.74) is 5.80. The molecule has 0 aliphatic carbocycles. The molecule has 58 valence electrons. The van der Waals surface area contributed by atoms with Gasteiger partial charge in [0.05, 0.1) is 0 Å². The van der Waals surface area contributed by atoms with Crippen LogP contribution in [0, 0.1) is 0 Å². The molecule has 0 radical (unpaired) electrons. The van der Waals surface area contributed by atoms with Crippen molar-refractivity contribution in [1.29, 1.82) is 0 Å². The van der Waals surface area contributed by atoms with Gasteiger partial charge in [0.15, 0.2) is 0 Å². The Morgan fingerprint density at radius 1 is 1.64 bits per heavy atom. The van der Waals surface area contributed by atoms with Crippen molar-refractivity contribution in [3.05, 3.63) is 24.3 Å². The van der Waals surface area contributed by atoms with E-state index in [1.807, 2.05) is 0 Å². The molecule has 0 unspecified atom stereocenters. The second-order valence-corrected chi connectivity index (χ2v) is 2.17. The molecule has 4 heteroatoms. The molecule has 0 fully saturated rings. The molecule has 1 rings (SSSR count). The monoisotopic (exact) mass is 151 g/mol. The Morgan fingerprint density at radius 3 is 3.00 bits per heavy atom. The molecule has 0 saturated heterocycles. The Morgan fingerprint density at radius 2 is 2.45 bits per heavy atom. The van der Waals surface area contributed by atoms with E-state index >= 15 is 0 Å². The summed E-state index contributed by atoms with van der Waals surface area (Å²) in [5, 5.41) is 0. The number of hydrogen-bond donors (Lipinski definition) is 1. The zero-order valence-electron chi connectivity index (χ0n) is 6.03. The topological polar surface area (TPSA) is 68.9 Å². The largest absolute Gasteiger partial charge is 0.370 e. The average Bonchev–Trinajstić information content (AvgIpc) is 2.03. The molecule has 11 heavy (non-hydrogen) atoms. The van der Waals surface area contributed by atoms with Crippen molar-refractivity contribution in [2.75, 3.05) is 0 Å². The van der Waals surface area contributed by atoms with Crippen LogP contribution in [0.15, 0.2) is 18.6 Å². The minimum atomic E-state index is -0.302. The lowest BCUT2D eigenvalue weighted by molar-refractivity contribution is -0.118. The number of aromatic nitrogens is 2. The van der Waals surface area contributed by atoms with Crippen LogP contribution in [-0.4, -0.2) is 15.9 Å². The molecule has 1 heterocycles. The van der Waals surface area contributed by atoms with Crippen molar-refractivity contribution in [2.24, 2.45) is 5.73 Å². The second kappa shape index (κ2) is 3.65. The summed E-state index contributed by atoms with van der Waals surface area (Å²) in [4.78, 5) is 18.0. The van der Waals surface area contributed by atoms with Crippen LogP contribution in [0.1, 0.15) is 12.1 Å². The number of carbonyl (C=O) groups excluding carboxylic acids is 1. The van der Waals surface area contributed by atoms with Gasteiger partial charge in [-0.15, -0.1) is 0 Å². The average molecular weight is 151 g/mol. The van der Waals surface area contributed by atoms with E-state index in [4.69, 9.17) is 5.73 Å². The molecule has 4 nitrogen and oxygen atoms in total. The first-order valence-corrected chi connectivity index (χ1v) is 3.32. The van der Waals surface area contributed by atoms with Crippen molar-refractivity contribution >= 4 is 5.91 Å². The standard InChI is InChI=1S/C7H9N3O/c8-7(11)2-1-6-3-4-9-5-10-6/h3-5H,1-2H2,(H2,8,11). The van der Waals surface area contributed by atoms with E-state index in [0.717, 1.165) is 5.69 Å². The van der Waals surface area contributed by atoms with E-state index in [1.165, 1.54) is 6.33 Å². The number of amides is 1. The molecule has 1 amide bonds. The molecular weight excluding hydrogens is 142 g/mol. The van der Waals surface area contributed by atoms with Crippen LogP contribution in [0.2, 0.25) is 0 Å². The van der Waals surface area contributed by atoms with Gasteiger partial charge in [-0.05, 0) is 12.5 Å². The Balaban J connectivity index is 2.45. The van der Waals surface area contributed by atoms with Crippen LogP contribution in [-0.2, 0) is 11.2 Å². The van der Waals surface area contributed by atoms with Crippen LogP contribution in [0.3, 0.4) is 0 Å². The summed E-state index contributed by atoms with van der Waals surface area (Å²) in [5.74, 6) is -0.302. The van der Waals surface area contributed by atoms with Gasteiger partial charge >= 0.3 is 0 Å². The van der Waals surface area contributed by atoms with Gasteiger partial charge in [-0.2, -0.15) is 0 Å². The smallest absolute Gasteiger partial charge is 0.217 e. The van der Waals surface area contributed by atoms with E-state index in [0.29, 0.717) is 12.8 Å². The highest BCUT2D eigenvalue weighted by atomic mass is 16.1. The third-order valence-electron chi connectivity index (χ3n) is 1.27. The normalized spacial score (nSPS) is 9.45. The van der Waals surface area contributed by atoms with Crippen molar-refractivity contribution in [3.63, 3.8) is 0 Å². The highest BCUT2D eigenvalue weighted by Gasteiger charge is 1.96. The molecule has 0 spiro atoms. The molecule has 0 aromatic carbocycles. The zero-order chi connectivity index (χ0) is 8.10. The van der Waals surface area contributed by atoms with E-state index in [-0.39, 0.29) is 5.91 Å². The van der Waals surface area contributed by atoms with Gasteiger partial charge in [-0.3, -0.25) is 4.79 Å². The number of primary amides is 1. The highest BCUT2D eigenvalue weighted by Crippen LogP contribution is 1.95. The number of nitrogens with zero attached hydrogens (tertiary/aromatic N) is 2. The molecule has 0 atom stereocenters. The molecule has 0 aliphatic rings. The van der Waals surface area contributed by atoms with Gasteiger partial charge in [0.1, 0.15) is 6.33 Å². The van der Waals surface area contributed by atoms with Crippen molar-refractivity contribution in [3.8, 4) is 0 Å². The summed E-state index contributed by atoms with van der Waals surface area (Å²) in [6, 6.07) is 1.77. The van der Waals surface area contributed by atoms with Gasteiger partial charge < -0.3 is 5.73 Å². The maximum atomic E-state index is 10.4. The predicted octanol–water partition coefficient (Wildman–Crippen LogP) is -0.106. The lowest BCUT2D eigenvalue weighted by Crippen LogP contribution is -2.11. The summed E-state index contributed by atoms with van der Waals surface area (Å²) < 4.78 is 0. The Hall–Kier alpha value is -1.45. The second-order valence-electron chi connectivity index (χ2n) is 2.17. The Labute approximate surface area is 64.5 Å². The molecular formula is C7H9N3O. The number of nitrogens with two attached hydrogens (primary N) is 1. The lowest BCUT2D eigenvalue weighted by atomic mass is 10.2. The van der Waals surface area contributed by atoms with Crippen molar-refractivity contribution in [1.82, 2.24) is 9.97 Å². The number of aryl methyl sites for hydroxylation is 1. The van der Waals surface area contributed by atoms with Crippen molar-refractivity contribution in [2.45, 2.75) is 12.8 Å². The first-order chi connectivity index (χ1) is 5.29. The fourth-order valence-electron chi connectivity index (χ4n) is 0.717. The third-order valence-corrected chi connectivity index (χ3v) is 1.27. The summed E-state index contributed by atoms with van der Waals surface area (Å²) >= 11 is 0. The van der Waals surface area contributed by atoms with E-state index in [1.54, 1.807) is 12.3 Å². The van der Waals surface area contributed by atoms with E-state index in [9.17, 15) is 4.79 Å². The predicted molar refractivity (Wildman–Crippen MR) is 39.5 cm³/mol. The summed E-state index contributed by atoms with van der Waals surface area (Å²) in [7, 11) is 0. The minimum absolute atomic E-state index is 0.302. The maximum Gasteiger partial charge on any atom is 0.217 e. The number of carbonyl (C=O) groups is 1. The third kappa shape index (κ3) is 2.75. The molecule has 2 N–H and O–H groups in total. The molecule has 0 saturated carbocycles. The molecule has 1 aromatic heterocycles. The zero-order valence-corrected chi connectivity index (χ0v) is 6.03. The minimum Gasteiger partial charge on any atom is -0.370 e. The lowest BCUT2D eigenvalue weighted by Gasteiger charge is -1.94. The Bertz CT molecular complexity index is 235. The van der Waals surface area contributed by atoms with E-state index < -0.39 is 0 Å². The fourth-order valence-corrected chi connectivity index (χ4v) is 0.717. The van der Waals surface area contributed by atoms with Gasteiger partial charge in [-0.1, -0.05) is 0 Å². The van der Waals surface area contributed by atoms with Crippen LogP contribution < -0.4 is 5.73 Å². The molecule has 0 bridgehead atoms. The van der Waals surface area contributed by atoms with Crippen molar-refractivity contribution < 1.29 is 4.79 Å².